The summed E-state index contributed by atoms with van der Waals surface area (Å²) in [5.74, 6) is -1.81. The van der Waals surface area contributed by atoms with E-state index in [-0.39, 0.29) is 5.52 Å². The van der Waals surface area contributed by atoms with Crippen molar-refractivity contribution < 1.29 is 8.78 Å². The molecule has 0 aliphatic heterocycles. The van der Waals surface area contributed by atoms with Crippen molar-refractivity contribution in [3.8, 4) is 5.69 Å². The summed E-state index contributed by atoms with van der Waals surface area (Å²) in [4.78, 5) is 2.91. The summed E-state index contributed by atoms with van der Waals surface area (Å²) in [6.07, 6.45) is 0. The Bertz CT molecular complexity index is 904. The molecule has 0 saturated carbocycles. The van der Waals surface area contributed by atoms with Crippen LogP contribution in [0.2, 0.25) is 0 Å². The molecule has 0 saturated heterocycles. The van der Waals surface area contributed by atoms with Crippen molar-refractivity contribution in [1.29, 1.82) is 0 Å². The Morgan fingerprint density at radius 2 is 1.90 bits per heavy atom. The first-order valence-corrected chi connectivity index (χ1v) is 7.46. The van der Waals surface area contributed by atoms with E-state index in [0.29, 0.717) is 16.0 Å². The third-order valence-corrected chi connectivity index (χ3v) is 4.25. The maximum Gasteiger partial charge on any atom is 0.184 e. The molecule has 0 bridgehead atoms. The van der Waals surface area contributed by atoms with Gasteiger partial charge in [0.1, 0.15) is 5.52 Å². The van der Waals surface area contributed by atoms with Gasteiger partial charge in [0.15, 0.2) is 16.4 Å². The lowest BCUT2D eigenvalue weighted by atomic mass is 10.1. The van der Waals surface area contributed by atoms with Crippen molar-refractivity contribution in [3.05, 3.63) is 56.3 Å². The Balaban J connectivity index is 2.49. The van der Waals surface area contributed by atoms with Crippen LogP contribution in [0.5, 0.6) is 0 Å². The summed E-state index contributed by atoms with van der Waals surface area (Å²) in [6, 6.07) is 6.46. The number of halogens is 3. The summed E-state index contributed by atoms with van der Waals surface area (Å²) in [6.45, 7) is 3.88. The maximum absolute atomic E-state index is 14.2. The molecule has 2 nitrogen and oxygen atoms in total. The molecular weight excluding hydrogens is 358 g/mol. The van der Waals surface area contributed by atoms with Gasteiger partial charge in [0.05, 0.1) is 11.2 Å². The predicted octanol–water partition coefficient (Wildman–Crippen LogP) is 5.35. The monoisotopic (exact) mass is 368 g/mol. The fourth-order valence-corrected chi connectivity index (χ4v) is 3.68. The number of aromatic nitrogens is 2. The van der Waals surface area contributed by atoms with Gasteiger partial charge in [-0.2, -0.15) is 0 Å². The van der Waals surface area contributed by atoms with Crippen LogP contribution < -0.4 is 0 Å². The molecule has 0 fully saturated rings. The number of benzene rings is 2. The second-order valence-corrected chi connectivity index (χ2v) is 6.18. The molecule has 0 radical (unpaired) electrons. The molecule has 0 atom stereocenters. The van der Waals surface area contributed by atoms with E-state index in [4.69, 9.17) is 12.2 Å². The van der Waals surface area contributed by atoms with E-state index < -0.39 is 11.6 Å². The molecule has 0 aliphatic rings. The Hall–Kier alpha value is -1.53. The Kier molecular flexibility index (Phi) is 3.45. The van der Waals surface area contributed by atoms with Crippen LogP contribution in [0, 0.1) is 30.3 Å². The highest BCUT2D eigenvalue weighted by Crippen LogP contribution is 2.31. The molecule has 1 aromatic heterocycles. The van der Waals surface area contributed by atoms with Gasteiger partial charge >= 0.3 is 0 Å². The molecule has 3 rings (SSSR count). The van der Waals surface area contributed by atoms with E-state index in [0.717, 1.165) is 21.7 Å². The largest absolute Gasteiger partial charge is 0.330 e. The minimum atomic E-state index is -0.910. The van der Waals surface area contributed by atoms with Crippen molar-refractivity contribution in [2.75, 3.05) is 0 Å². The summed E-state index contributed by atoms with van der Waals surface area (Å²) in [7, 11) is 0. The normalized spacial score (nSPS) is 11.3. The molecule has 3 aromatic rings. The quantitative estimate of drug-likeness (QED) is 0.574. The maximum atomic E-state index is 14.2. The zero-order valence-corrected chi connectivity index (χ0v) is 13.7. The lowest BCUT2D eigenvalue weighted by Gasteiger charge is -2.12. The average Bonchev–Trinajstić information content (AvgIpc) is 2.71. The predicted molar refractivity (Wildman–Crippen MR) is 85.5 cm³/mol. The van der Waals surface area contributed by atoms with E-state index in [1.165, 1.54) is 10.6 Å². The van der Waals surface area contributed by atoms with Gasteiger partial charge in [-0.3, -0.25) is 4.57 Å². The van der Waals surface area contributed by atoms with Crippen LogP contribution in [-0.4, -0.2) is 9.55 Å². The van der Waals surface area contributed by atoms with Gasteiger partial charge in [-0.25, -0.2) is 8.78 Å². The van der Waals surface area contributed by atoms with E-state index in [1.54, 1.807) is 0 Å². The van der Waals surface area contributed by atoms with Crippen molar-refractivity contribution in [2.24, 2.45) is 0 Å². The molecular formula is C15H11BrF2N2S. The molecule has 21 heavy (non-hydrogen) atoms. The van der Waals surface area contributed by atoms with E-state index >= 15 is 0 Å². The molecule has 0 unspecified atom stereocenters. The molecule has 108 valence electrons. The second kappa shape index (κ2) is 5.03. The highest BCUT2D eigenvalue weighted by molar-refractivity contribution is 9.10. The van der Waals surface area contributed by atoms with Crippen molar-refractivity contribution in [1.82, 2.24) is 9.55 Å². The SMILES string of the molecule is Cc1cc(C)c(-n2c(=S)[nH]c3ccc(F)c(F)c32)c(Br)c1. The minimum Gasteiger partial charge on any atom is -0.330 e. The Morgan fingerprint density at radius 1 is 1.19 bits per heavy atom. The van der Waals surface area contributed by atoms with Crippen LogP contribution in [0.4, 0.5) is 8.78 Å². The topological polar surface area (TPSA) is 20.7 Å². The third-order valence-electron chi connectivity index (χ3n) is 3.36. The summed E-state index contributed by atoms with van der Waals surface area (Å²) < 4.78 is 30.4. The zero-order valence-electron chi connectivity index (χ0n) is 11.3. The number of rotatable bonds is 1. The van der Waals surface area contributed by atoms with Crippen LogP contribution >= 0.6 is 28.1 Å². The molecule has 6 heteroatoms. The molecule has 0 aliphatic carbocycles. The van der Waals surface area contributed by atoms with E-state index in [9.17, 15) is 8.78 Å². The van der Waals surface area contributed by atoms with Gasteiger partial charge < -0.3 is 4.98 Å². The molecule has 2 aromatic carbocycles. The smallest absolute Gasteiger partial charge is 0.184 e. The lowest BCUT2D eigenvalue weighted by Crippen LogP contribution is -2.01. The number of nitrogens with one attached hydrogen (secondary N) is 1. The van der Waals surface area contributed by atoms with E-state index in [2.05, 4.69) is 20.9 Å². The van der Waals surface area contributed by atoms with Crippen LogP contribution in [0.25, 0.3) is 16.7 Å². The van der Waals surface area contributed by atoms with Crippen LogP contribution in [-0.2, 0) is 0 Å². The fraction of sp³-hybridized carbons (Fsp3) is 0.133. The Morgan fingerprint density at radius 3 is 2.57 bits per heavy atom. The van der Waals surface area contributed by atoms with Gasteiger partial charge in [-0.1, -0.05) is 6.07 Å². The molecule has 0 amide bonds. The third kappa shape index (κ3) is 2.22. The first-order chi connectivity index (χ1) is 9.90. The Labute approximate surface area is 133 Å². The molecule has 1 heterocycles. The fourth-order valence-electron chi connectivity index (χ4n) is 2.54. The van der Waals surface area contributed by atoms with E-state index in [1.807, 2.05) is 26.0 Å². The van der Waals surface area contributed by atoms with Gasteiger partial charge in [-0.15, -0.1) is 0 Å². The number of H-pyrrole nitrogens is 1. The van der Waals surface area contributed by atoms with Crippen LogP contribution in [0.15, 0.2) is 28.7 Å². The second-order valence-electron chi connectivity index (χ2n) is 4.94. The minimum absolute atomic E-state index is 0.118. The van der Waals surface area contributed by atoms with Crippen molar-refractivity contribution >= 4 is 39.2 Å². The summed E-state index contributed by atoms with van der Waals surface area (Å²) in [5, 5.41) is 0. The number of fused-ring (bicyclic) bond motifs is 1. The van der Waals surface area contributed by atoms with Gasteiger partial charge in [-0.05, 0) is 71.3 Å². The molecule has 0 spiro atoms. The van der Waals surface area contributed by atoms with Crippen molar-refractivity contribution in [3.63, 3.8) is 0 Å². The highest BCUT2D eigenvalue weighted by Gasteiger charge is 2.18. The number of hydrogen-bond donors (Lipinski definition) is 1. The lowest BCUT2D eigenvalue weighted by molar-refractivity contribution is 0.514. The average molecular weight is 369 g/mol. The number of hydrogen-bond acceptors (Lipinski definition) is 1. The van der Waals surface area contributed by atoms with Gasteiger partial charge in [0.25, 0.3) is 0 Å². The standard InChI is InChI=1S/C15H11BrF2N2S/c1-7-5-8(2)13(9(16)6-7)20-14-11(19-15(20)21)4-3-10(17)12(14)18/h3-6H,1-2H3,(H,19,21). The first-order valence-electron chi connectivity index (χ1n) is 6.26. The number of imidazole rings is 1. The van der Waals surface area contributed by atoms with Crippen LogP contribution in [0.3, 0.4) is 0 Å². The number of aromatic amines is 1. The number of nitrogens with zero attached hydrogens (tertiary/aromatic N) is 1. The molecule has 1 N–H and O–H groups in total. The van der Waals surface area contributed by atoms with Gasteiger partial charge in [0.2, 0.25) is 0 Å². The van der Waals surface area contributed by atoms with Crippen LogP contribution in [0.1, 0.15) is 11.1 Å². The van der Waals surface area contributed by atoms with Crippen molar-refractivity contribution in [2.45, 2.75) is 13.8 Å². The van der Waals surface area contributed by atoms with Gasteiger partial charge in [0, 0.05) is 4.47 Å². The summed E-state index contributed by atoms with van der Waals surface area (Å²) in [5.41, 5.74) is 3.28. The number of aryl methyl sites for hydroxylation is 2. The highest BCUT2D eigenvalue weighted by atomic mass is 79.9. The first kappa shape index (κ1) is 14.4. The summed E-state index contributed by atoms with van der Waals surface area (Å²) >= 11 is 8.77. The zero-order chi connectivity index (χ0) is 15.3.